The lowest BCUT2D eigenvalue weighted by atomic mass is 10.2. The van der Waals surface area contributed by atoms with E-state index in [-0.39, 0.29) is 24.2 Å². The van der Waals surface area contributed by atoms with E-state index >= 15 is 0 Å². The van der Waals surface area contributed by atoms with Crippen LogP contribution in [0.25, 0.3) is 6.08 Å². The minimum absolute atomic E-state index is 0.239. The van der Waals surface area contributed by atoms with Gasteiger partial charge >= 0.3 is 0 Å². The quantitative estimate of drug-likeness (QED) is 0.840. The lowest BCUT2D eigenvalue weighted by Gasteiger charge is -2.09. The Balaban J connectivity index is 2.27. The molecule has 2 N–H and O–H groups in total. The van der Waals surface area contributed by atoms with Gasteiger partial charge in [0.15, 0.2) is 0 Å². The topological polar surface area (TPSA) is 63.4 Å². The van der Waals surface area contributed by atoms with Gasteiger partial charge in [0.05, 0.1) is 9.93 Å². The summed E-state index contributed by atoms with van der Waals surface area (Å²) in [5.41, 5.74) is 6.14. The van der Waals surface area contributed by atoms with E-state index in [1.807, 2.05) is 6.07 Å². The third-order valence-corrected chi connectivity index (χ3v) is 4.61. The number of carbonyl (C=O) groups is 2. The molecular weight excluding hydrogens is 352 g/mol. The third-order valence-electron chi connectivity index (χ3n) is 2.47. The maximum atomic E-state index is 12.0. The van der Waals surface area contributed by atoms with Gasteiger partial charge < -0.3 is 5.73 Å². The summed E-state index contributed by atoms with van der Waals surface area (Å²) in [4.78, 5) is 25.2. The molecule has 1 saturated heterocycles. The zero-order chi connectivity index (χ0) is 14.0. The fraction of sp³-hybridized carbons (Fsp3) is 0.167. The zero-order valence-electron chi connectivity index (χ0n) is 9.73. The molecule has 4 nitrogen and oxygen atoms in total. The van der Waals surface area contributed by atoms with Crippen molar-refractivity contribution in [2.45, 2.75) is 0 Å². The van der Waals surface area contributed by atoms with Crippen LogP contribution in [0.1, 0.15) is 5.56 Å². The Kier molecular flexibility index (Phi) is 4.67. The van der Waals surface area contributed by atoms with Gasteiger partial charge in [0.1, 0.15) is 0 Å². The molecule has 1 fully saturated rings. The van der Waals surface area contributed by atoms with E-state index in [9.17, 15) is 9.59 Å². The van der Waals surface area contributed by atoms with Gasteiger partial charge in [-0.15, -0.1) is 0 Å². The van der Waals surface area contributed by atoms with E-state index in [0.29, 0.717) is 9.93 Å². The van der Waals surface area contributed by atoms with E-state index in [1.165, 1.54) is 0 Å². The number of hydrogen-bond acceptors (Lipinski definition) is 4. The Bertz CT molecular complexity index is 577. The second kappa shape index (κ2) is 6.09. The summed E-state index contributed by atoms with van der Waals surface area (Å²) in [7, 11) is 0. The van der Waals surface area contributed by atoms with Crippen LogP contribution < -0.4 is 5.73 Å². The van der Waals surface area contributed by atoms with Crippen molar-refractivity contribution in [3.05, 3.63) is 38.2 Å². The lowest BCUT2D eigenvalue weighted by molar-refractivity contribution is -0.122. The molecule has 0 spiro atoms. The fourth-order valence-corrected chi connectivity index (χ4v) is 2.88. The molecule has 0 saturated carbocycles. The first-order valence-electron chi connectivity index (χ1n) is 5.43. The minimum Gasteiger partial charge on any atom is -0.329 e. The third kappa shape index (κ3) is 3.20. The summed E-state index contributed by atoms with van der Waals surface area (Å²) >= 11 is 10.2. The van der Waals surface area contributed by atoms with Gasteiger partial charge in [-0.2, -0.15) is 0 Å². The number of benzene rings is 1. The highest BCUT2D eigenvalue weighted by molar-refractivity contribution is 9.10. The molecule has 0 bridgehead atoms. The Hall–Kier alpha value is -0.820. The molecule has 2 amide bonds. The summed E-state index contributed by atoms with van der Waals surface area (Å²) in [5.74, 6) is -0.306. The van der Waals surface area contributed by atoms with Gasteiger partial charge in [0.25, 0.3) is 11.1 Å². The Morgan fingerprint density at radius 1 is 1.42 bits per heavy atom. The SMILES string of the molecule is NCCN1C(=O)S/C(=C/c2ccc(Br)c(Cl)c2)C1=O. The van der Waals surface area contributed by atoms with Gasteiger partial charge in [-0.25, -0.2) is 0 Å². The number of rotatable bonds is 3. The summed E-state index contributed by atoms with van der Waals surface area (Å²) in [6.07, 6.45) is 1.65. The molecule has 19 heavy (non-hydrogen) atoms. The minimum atomic E-state index is -0.306. The van der Waals surface area contributed by atoms with Crippen molar-refractivity contribution in [3.8, 4) is 0 Å². The first-order valence-corrected chi connectivity index (χ1v) is 7.42. The number of thioether (sulfide) groups is 1. The zero-order valence-corrected chi connectivity index (χ0v) is 12.9. The second-order valence-electron chi connectivity index (χ2n) is 3.80. The number of halogens is 2. The maximum Gasteiger partial charge on any atom is 0.293 e. The molecule has 1 aromatic carbocycles. The summed E-state index contributed by atoms with van der Waals surface area (Å²) in [6.45, 7) is 0.499. The highest BCUT2D eigenvalue weighted by Gasteiger charge is 2.34. The van der Waals surface area contributed by atoms with Crippen LogP contribution in [0.15, 0.2) is 27.6 Å². The molecule has 1 aliphatic heterocycles. The van der Waals surface area contributed by atoms with E-state index in [1.54, 1.807) is 18.2 Å². The number of nitrogens with zero attached hydrogens (tertiary/aromatic N) is 1. The van der Waals surface area contributed by atoms with Crippen molar-refractivity contribution < 1.29 is 9.59 Å². The molecule has 0 atom stereocenters. The highest BCUT2D eigenvalue weighted by atomic mass is 79.9. The van der Waals surface area contributed by atoms with Crippen molar-refractivity contribution in [2.24, 2.45) is 5.73 Å². The van der Waals surface area contributed by atoms with Crippen LogP contribution >= 0.6 is 39.3 Å². The smallest absolute Gasteiger partial charge is 0.293 e. The van der Waals surface area contributed by atoms with Crippen LogP contribution in [-0.4, -0.2) is 29.1 Å². The van der Waals surface area contributed by atoms with E-state index in [0.717, 1.165) is 26.7 Å². The average molecular weight is 362 g/mol. The number of carbonyl (C=O) groups excluding carboxylic acids is 2. The molecule has 100 valence electrons. The maximum absolute atomic E-state index is 12.0. The molecule has 0 aromatic heterocycles. The number of hydrogen-bond donors (Lipinski definition) is 1. The highest BCUT2D eigenvalue weighted by Crippen LogP contribution is 2.33. The molecule has 0 radical (unpaired) electrons. The van der Waals surface area contributed by atoms with Crippen molar-refractivity contribution >= 4 is 56.5 Å². The lowest BCUT2D eigenvalue weighted by Crippen LogP contribution is -2.33. The molecule has 0 unspecified atom stereocenters. The predicted octanol–water partition coefficient (Wildman–Crippen LogP) is 3.10. The Labute approximate surface area is 128 Å². The van der Waals surface area contributed by atoms with Crippen LogP contribution in [0.3, 0.4) is 0 Å². The Morgan fingerprint density at radius 3 is 2.79 bits per heavy atom. The van der Waals surface area contributed by atoms with Crippen LogP contribution in [0.2, 0.25) is 5.02 Å². The number of amides is 2. The van der Waals surface area contributed by atoms with E-state index < -0.39 is 0 Å². The Morgan fingerprint density at radius 2 is 2.16 bits per heavy atom. The van der Waals surface area contributed by atoms with Gasteiger partial charge in [0, 0.05) is 17.6 Å². The number of imide groups is 1. The molecular formula is C12H10BrClN2O2S. The second-order valence-corrected chi connectivity index (χ2v) is 6.05. The van der Waals surface area contributed by atoms with E-state index in [4.69, 9.17) is 17.3 Å². The van der Waals surface area contributed by atoms with Gasteiger partial charge in [-0.1, -0.05) is 17.7 Å². The van der Waals surface area contributed by atoms with Gasteiger partial charge in [-0.3, -0.25) is 14.5 Å². The average Bonchev–Trinajstić information content (AvgIpc) is 2.62. The molecule has 7 heteroatoms. The van der Waals surface area contributed by atoms with Crippen molar-refractivity contribution in [1.29, 1.82) is 0 Å². The van der Waals surface area contributed by atoms with Crippen LogP contribution in [0.4, 0.5) is 4.79 Å². The first-order chi connectivity index (χ1) is 9.02. The predicted molar refractivity (Wildman–Crippen MR) is 80.9 cm³/mol. The standard InChI is InChI=1S/C12H10BrClN2O2S/c13-8-2-1-7(5-9(8)14)6-10-11(17)16(4-3-15)12(18)19-10/h1-2,5-6H,3-4,15H2/b10-6+. The van der Waals surface area contributed by atoms with Crippen LogP contribution in [-0.2, 0) is 4.79 Å². The molecule has 1 aliphatic rings. The normalized spacial score (nSPS) is 17.6. The number of nitrogens with two attached hydrogens (primary N) is 1. The van der Waals surface area contributed by atoms with Crippen molar-refractivity contribution in [2.75, 3.05) is 13.1 Å². The van der Waals surface area contributed by atoms with Crippen molar-refractivity contribution in [3.63, 3.8) is 0 Å². The molecule has 1 heterocycles. The molecule has 1 aromatic rings. The fourth-order valence-electron chi connectivity index (χ4n) is 1.58. The van der Waals surface area contributed by atoms with E-state index in [2.05, 4.69) is 15.9 Å². The summed E-state index contributed by atoms with van der Waals surface area (Å²) in [5, 5.41) is 0.264. The summed E-state index contributed by atoms with van der Waals surface area (Å²) in [6, 6.07) is 5.33. The van der Waals surface area contributed by atoms with Gasteiger partial charge in [0.2, 0.25) is 0 Å². The van der Waals surface area contributed by atoms with Crippen LogP contribution in [0, 0.1) is 0 Å². The first kappa shape index (κ1) is 14.6. The van der Waals surface area contributed by atoms with Crippen molar-refractivity contribution in [1.82, 2.24) is 4.90 Å². The monoisotopic (exact) mass is 360 g/mol. The largest absolute Gasteiger partial charge is 0.329 e. The van der Waals surface area contributed by atoms with Crippen LogP contribution in [0.5, 0.6) is 0 Å². The molecule has 2 rings (SSSR count). The molecule has 0 aliphatic carbocycles. The van der Waals surface area contributed by atoms with Gasteiger partial charge in [-0.05, 0) is 51.5 Å². The summed E-state index contributed by atoms with van der Waals surface area (Å²) < 4.78 is 0.780.